The zero-order chi connectivity index (χ0) is 21.5. The molecule has 5 heteroatoms. The fraction of sp³-hybridized carbons (Fsp3) is 0.600. The molecule has 0 aliphatic carbocycles. The molecule has 1 aromatic carbocycles. The number of nitrogens with one attached hydrogen (secondary N) is 1. The number of benzene rings is 1. The summed E-state index contributed by atoms with van der Waals surface area (Å²) in [5.74, 6) is 1.49. The van der Waals surface area contributed by atoms with Crippen LogP contribution < -0.4 is 5.32 Å². The fourth-order valence-electron chi connectivity index (χ4n) is 4.38. The second-order valence-corrected chi connectivity index (χ2v) is 8.57. The summed E-state index contributed by atoms with van der Waals surface area (Å²) in [4.78, 5) is 19.8. The van der Waals surface area contributed by atoms with Crippen LogP contribution in [0, 0.1) is 0 Å². The van der Waals surface area contributed by atoms with Crippen LogP contribution in [0.5, 0.6) is 0 Å². The third kappa shape index (κ3) is 5.72. The number of fused-ring (bicyclic) bond motifs is 1. The van der Waals surface area contributed by atoms with Crippen LogP contribution in [0.1, 0.15) is 80.3 Å². The first-order valence-corrected chi connectivity index (χ1v) is 11.7. The van der Waals surface area contributed by atoms with Gasteiger partial charge in [0.2, 0.25) is 0 Å². The second-order valence-electron chi connectivity index (χ2n) is 8.57. The van der Waals surface area contributed by atoms with E-state index in [4.69, 9.17) is 0 Å². The third-order valence-electron chi connectivity index (χ3n) is 6.47. The van der Waals surface area contributed by atoms with E-state index in [1.165, 1.54) is 11.1 Å². The summed E-state index contributed by atoms with van der Waals surface area (Å²) < 4.78 is 2.18. The average molecular weight is 411 g/mol. The molecule has 3 rings (SSSR count). The second kappa shape index (κ2) is 10.8. The molecular formula is C25H38N4O. The standard InChI is InChI=1S/C25H38N4O/c1-5-20-10-12-21(13-11-20)22-14-15-24-27-23(18-29(24)17-22)25(30)26-19(4)9-8-16-28(6-2)7-3/h10-13,18-19,22H,5-9,14-17H2,1-4H3,(H,26,30). The van der Waals surface area contributed by atoms with Crippen molar-refractivity contribution in [2.45, 2.75) is 78.3 Å². The van der Waals surface area contributed by atoms with Crippen molar-refractivity contribution in [1.29, 1.82) is 0 Å². The van der Waals surface area contributed by atoms with Gasteiger partial charge in [-0.3, -0.25) is 4.79 Å². The maximum atomic E-state index is 12.7. The number of aryl methyl sites for hydroxylation is 2. The zero-order valence-corrected chi connectivity index (χ0v) is 19.2. The third-order valence-corrected chi connectivity index (χ3v) is 6.47. The van der Waals surface area contributed by atoms with E-state index in [1.807, 2.05) is 6.20 Å². The normalized spacial score (nSPS) is 17.0. The molecular weight excluding hydrogens is 372 g/mol. The summed E-state index contributed by atoms with van der Waals surface area (Å²) in [6, 6.07) is 9.16. The predicted molar refractivity (Wildman–Crippen MR) is 123 cm³/mol. The van der Waals surface area contributed by atoms with Crippen LogP contribution in [0.2, 0.25) is 0 Å². The molecule has 1 aliphatic rings. The molecule has 0 fully saturated rings. The first kappa shape index (κ1) is 22.5. The molecule has 0 spiro atoms. The molecule has 2 atom stereocenters. The minimum atomic E-state index is -0.0453. The molecule has 5 nitrogen and oxygen atoms in total. The van der Waals surface area contributed by atoms with Crippen LogP contribution in [0.25, 0.3) is 0 Å². The number of rotatable bonds is 10. The Kier molecular flexibility index (Phi) is 8.08. The highest BCUT2D eigenvalue weighted by atomic mass is 16.2. The smallest absolute Gasteiger partial charge is 0.271 e. The van der Waals surface area contributed by atoms with Crippen LogP contribution in [-0.4, -0.2) is 46.0 Å². The lowest BCUT2D eigenvalue weighted by atomic mass is 9.91. The molecule has 2 unspecified atom stereocenters. The molecule has 1 aliphatic heterocycles. The number of amides is 1. The Labute approximate surface area is 181 Å². The van der Waals surface area contributed by atoms with Gasteiger partial charge in [-0.15, -0.1) is 0 Å². The monoisotopic (exact) mass is 410 g/mol. The van der Waals surface area contributed by atoms with Gasteiger partial charge < -0.3 is 14.8 Å². The van der Waals surface area contributed by atoms with Crippen molar-refractivity contribution in [2.75, 3.05) is 19.6 Å². The van der Waals surface area contributed by atoms with Crippen molar-refractivity contribution in [3.05, 3.63) is 53.1 Å². The van der Waals surface area contributed by atoms with Gasteiger partial charge in [0.15, 0.2) is 0 Å². The van der Waals surface area contributed by atoms with Crippen LogP contribution in [-0.2, 0) is 19.4 Å². The molecule has 0 bridgehead atoms. The van der Waals surface area contributed by atoms with Gasteiger partial charge in [0, 0.05) is 31.1 Å². The first-order chi connectivity index (χ1) is 14.5. The van der Waals surface area contributed by atoms with Crippen molar-refractivity contribution >= 4 is 5.91 Å². The summed E-state index contributed by atoms with van der Waals surface area (Å²) in [5, 5.41) is 3.14. The number of nitrogens with zero attached hydrogens (tertiary/aromatic N) is 3. The number of imidazole rings is 1. The lowest BCUT2D eigenvalue weighted by Crippen LogP contribution is -2.34. The van der Waals surface area contributed by atoms with Gasteiger partial charge in [-0.1, -0.05) is 45.0 Å². The topological polar surface area (TPSA) is 50.2 Å². The Morgan fingerprint density at radius 3 is 2.63 bits per heavy atom. The van der Waals surface area contributed by atoms with E-state index >= 15 is 0 Å². The summed E-state index contributed by atoms with van der Waals surface area (Å²) >= 11 is 0. The van der Waals surface area contributed by atoms with Crippen LogP contribution in [0.3, 0.4) is 0 Å². The number of aromatic nitrogens is 2. The molecule has 0 saturated heterocycles. The van der Waals surface area contributed by atoms with E-state index in [2.05, 4.69) is 71.7 Å². The van der Waals surface area contributed by atoms with Gasteiger partial charge in [-0.05, 0) is 63.4 Å². The molecule has 2 aromatic rings. The van der Waals surface area contributed by atoms with E-state index in [1.54, 1.807) is 0 Å². The summed E-state index contributed by atoms with van der Waals surface area (Å²) in [6.07, 6.45) is 7.12. The highest BCUT2D eigenvalue weighted by Gasteiger charge is 2.24. The van der Waals surface area contributed by atoms with Crippen LogP contribution in [0.4, 0.5) is 0 Å². The van der Waals surface area contributed by atoms with Gasteiger partial charge in [0.1, 0.15) is 11.5 Å². The fourth-order valence-corrected chi connectivity index (χ4v) is 4.38. The molecule has 30 heavy (non-hydrogen) atoms. The van der Waals surface area contributed by atoms with Crippen molar-refractivity contribution in [1.82, 2.24) is 19.8 Å². The van der Waals surface area contributed by atoms with E-state index in [-0.39, 0.29) is 11.9 Å². The Morgan fingerprint density at radius 1 is 1.23 bits per heavy atom. The Balaban J connectivity index is 1.54. The minimum absolute atomic E-state index is 0.0453. The molecule has 164 valence electrons. The molecule has 0 saturated carbocycles. The number of hydrogen-bond donors (Lipinski definition) is 1. The first-order valence-electron chi connectivity index (χ1n) is 11.7. The van der Waals surface area contributed by atoms with E-state index in [0.717, 1.165) is 64.1 Å². The van der Waals surface area contributed by atoms with Crippen LogP contribution >= 0.6 is 0 Å². The largest absolute Gasteiger partial charge is 0.348 e. The highest BCUT2D eigenvalue weighted by molar-refractivity contribution is 5.92. The van der Waals surface area contributed by atoms with Gasteiger partial charge in [0.25, 0.3) is 5.91 Å². The summed E-state index contributed by atoms with van der Waals surface area (Å²) in [7, 11) is 0. The summed E-state index contributed by atoms with van der Waals surface area (Å²) in [5.41, 5.74) is 3.32. The van der Waals surface area contributed by atoms with E-state index in [9.17, 15) is 4.79 Å². The quantitative estimate of drug-likeness (QED) is 0.631. The number of carbonyl (C=O) groups is 1. The van der Waals surface area contributed by atoms with Gasteiger partial charge in [-0.2, -0.15) is 0 Å². The lowest BCUT2D eigenvalue weighted by Gasteiger charge is -2.24. The van der Waals surface area contributed by atoms with E-state index in [0.29, 0.717) is 11.6 Å². The maximum absolute atomic E-state index is 12.7. The SMILES string of the molecule is CCc1ccc(C2CCc3nc(C(=O)NC(C)CCCN(CC)CC)cn3C2)cc1. The molecule has 1 amide bonds. The number of hydrogen-bond acceptors (Lipinski definition) is 3. The summed E-state index contributed by atoms with van der Waals surface area (Å²) in [6.45, 7) is 12.8. The average Bonchev–Trinajstić information content (AvgIpc) is 3.20. The Bertz CT molecular complexity index is 807. The Hall–Kier alpha value is -2.14. The van der Waals surface area contributed by atoms with Gasteiger partial charge >= 0.3 is 0 Å². The highest BCUT2D eigenvalue weighted by Crippen LogP contribution is 2.29. The predicted octanol–water partition coefficient (Wildman–Crippen LogP) is 4.42. The van der Waals surface area contributed by atoms with Crippen molar-refractivity contribution in [2.24, 2.45) is 0 Å². The van der Waals surface area contributed by atoms with Crippen molar-refractivity contribution in [3.63, 3.8) is 0 Å². The van der Waals surface area contributed by atoms with Crippen LogP contribution in [0.15, 0.2) is 30.5 Å². The van der Waals surface area contributed by atoms with Gasteiger partial charge in [-0.25, -0.2) is 4.98 Å². The molecule has 1 aromatic heterocycles. The number of carbonyl (C=O) groups excluding carboxylic acids is 1. The minimum Gasteiger partial charge on any atom is -0.348 e. The lowest BCUT2D eigenvalue weighted by molar-refractivity contribution is 0.0932. The Morgan fingerprint density at radius 2 is 1.97 bits per heavy atom. The van der Waals surface area contributed by atoms with Gasteiger partial charge in [0.05, 0.1) is 0 Å². The molecule has 0 radical (unpaired) electrons. The zero-order valence-electron chi connectivity index (χ0n) is 19.2. The van der Waals surface area contributed by atoms with Crippen molar-refractivity contribution in [3.8, 4) is 0 Å². The van der Waals surface area contributed by atoms with E-state index < -0.39 is 0 Å². The maximum Gasteiger partial charge on any atom is 0.271 e. The molecule has 2 heterocycles. The van der Waals surface area contributed by atoms with Crippen molar-refractivity contribution < 1.29 is 4.79 Å². The molecule has 1 N–H and O–H groups in total.